The van der Waals surface area contributed by atoms with Crippen LogP contribution in [0.2, 0.25) is 0 Å². The monoisotopic (exact) mass is 274 g/mol. The number of allylic oxidation sites excluding steroid dienone is 3. The normalized spacial score (nSPS) is 40.0. The van der Waals surface area contributed by atoms with E-state index in [-0.39, 0.29) is 5.41 Å². The third kappa shape index (κ3) is 2.28. The lowest BCUT2D eigenvalue weighted by Crippen LogP contribution is -2.23. The highest BCUT2D eigenvalue weighted by Crippen LogP contribution is 2.51. The van der Waals surface area contributed by atoms with Crippen molar-refractivity contribution in [2.24, 2.45) is 17.3 Å². The SMILES string of the molecule is COC[C@H]1CCC2CC(=O)CC3=C(C)CCC3(C)/C=C\21. The van der Waals surface area contributed by atoms with Gasteiger partial charge in [0, 0.05) is 31.3 Å². The Kier molecular flexibility index (Phi) is 3.62. The predicted octanol–water partition coefficient (Wildman–Crippen LogP) is 4.06. The zero-order chi connectivity index (χ0) is 14.3. The molecule has 0 amide bonds. The Balaban J connectivity index is 2.02. The fourth-order valence-corrected chi connectivity index (χ4v) is 4.57. The average molecular weight is 274 g/mol. The Hall–Kier alpha value is -0.890. The summed E-state index contributed by atoms with van der Waals surface area (Å²) < 4.78 is 5.40. The van der Waals surface area contributed by atoms with Crippen molar-refractivity contribution in [1.29, 1.82) is 0 Å². The second-order valence-corrected chi connectivity index (χ2v) is 7.17. The minimum absolute atomic E-state index is 0.129. The number of rotatable bonds is 2. The minimum atomic E-state index is 0.129. The lowest BCUT2D eigenvalue weighted by Gasteiger charge is -2.31. The molecular formula is C18H26O2. The van der Waals surface area contributed by atoms with E-state index in [0.29, 0.717) is 24.0 Å². The molecule has 0 saturated heterocycles. The van der Waals surface area contributed by atoms with Gasteiger partial charge in [-0.3, -0.25) is 4.79 Å². The molecule has 3 aliphatic carbocycles. The maximum absolute atomic E-state index is 12.4. The van der Waals surface area contributed by atoms with Crippen molar-refractivity contribution in [2.45, 2.75) is 52.4 Å². The Morgan fingerprint density at radius 3 is 2.95 bits per heavy atom. The minimum Gasteiger partial charge on any atom is -0.384 e. The van der Waals surface area contributed by atoms with Crippen LogP contribution in [0.15, 0.2) is 22.8 Å². The van der Waals surface area contributed by atoms with Gasteiger partial charge in [0.1, 0.15) is 5.78 Å². The highest BCUT2D eigenvalue weighted by Gasteiger charge is 2.41. The molecule has 20 heavy (non-hydrogen) atoms. The van der Waals surface area contributed by atoms with Crippen LogP contribution in [0.3, 0.4) is 0 Å². The van der Waals surface area contributed by atoms with Crippen LogP contribution in [0.1, 0.15) is 52.4 Å². The summed E-state index contributed by atoms with van der Waals surface area (Å²) >= 11 is 0. The van der Waals surface area contributed by atoms with Gasteiger partial charge in [-0.05, 0) is 38.5 Å². The molecule has 0 radical (unpaired) electrons. The molecule has 0 heterocycles. The van der Waals surface area contributed by atoms with Gasteiger partial charge in [0.25, 0.3) is 0 Å². The van der Waals surface area contributed by atoms with Gasteiger partial charge in [0.15, 0.2) is 0 Å². The molecule has 0 bridgehead atoms. The third-order valence-electron chi connectivity index (χ3n) is 5.73. The quantitative estimate of drug-likeness (QED) is 0.710. The van der Waals surface area contributed by atoms with E-state index in [0.717, 1.165) is 19.4 Å². The van der Waals surface area contributed by atoms with Gasteiger partial charge in [0.05, 0.1) is 6.61 Å². The third-order valence-corrected chi connectivity index (χ3v) is 5.73. The Morgan fingerprint density at radius 2 is 2.20 bits per heavy atom. The van der Waals surface area contributed by atoms with Gasteiger partial charge in [-0.2, -0.15) is 0 Å². The van der Waals surface area contributed by atoms with Crippen LogP contribution in [0, 0.1) is 17.3 Å². The van der Waals surface area contributed by atoms with Crippen molar-refractivity contribution in [3.63, 3.8) is 0 Å². The number of carbonyl (C=O) groups is 1. The first-order chi connectivity index (χ1) is 9.53. The molecule has 0 N–H and O–H groups in total. The summed E-state index contributed by atoms with van der Waals surface area (Å²) in [6.45, 7) is 5.36. The van der Waals surface area contributed by atoms with Gasteiger partial charge in [0.2, 0.25) is 0 Å². The van der Waals surface area contributed by atoms with Gasteiger partial charge in [-0.1, -0.05) is 29.7 Å². The highest BCUT2D eigenvalue weighted by atomic mass is 16.5. The first-order valence-corrected chi connectivity index (χ1v) is 7.96. The summed E-state index contributed by atoms with van der Waals surface area (Å²) in [5.74, 6) is 1.47. The van der Waals surface area contributed by atoms with E-state index in [2.05, 4.69) is 19.9 Å². The van der Waals surface area contributed by atoms with Crippen molar-refractivity contribution in [1.82, 2.24) is 0 Å². The van der Waals surface area contributed by atoms with E-state index in [1.54, 1.807) is 7.11 Å². The van der Waals surface area contributed by atoms with Crippen LogP contribution < -0.4 is 0 Å². The number of hydrogen-bond donors (Lipinski definition) is 0. The van der Waals surface area contributed by atoms with Crippen molar-refractivity contribution < 1.29 is 9.53 Å². The number of hydrogen-bond acceptors (Lipinski definition) is 2. The summed E-state index contributed by atoms with van der Waals surface area (Å²) in [5, 5.41) is 0. The summed E-state index contributed by atoms with van der Waals surface area (Å²) in [6.07, 6.45) is 8.66. The Morgan fingerprint density at radius 1 is 1.40 bits per heavy atom. The van der Waals surface area contributed by atoms with E-state index >= 15 is 0 Å². The summed E-state index contributed by atoms with van der Waals surface area (Å²) in [5.41, 5.74) is 4.52. The molecular weight excluding hydrogens is 248 g/mol. The van der Waals surface area contributed by atoms with Gasteiger partial charge in [-0.25, -0.2) is 0 Å². The van der Waals surface area contributed by atoms with E-state index < -0.39 is 0 Å². The smallest absolute Gasteiger partial charge is 0.137 e. The van der Waals surface area contributed by atoms with Crippen LogP contribution in [-0.2, 0) is 9.53 Å². The number of ketones is 1. The van der Waals surface area contributed by atoms with Crippen LogP contribution in [-0.4, -0.2) is 19.5 Å². The fraction of sp³-hybridized carbons (Fsp3) is 0.722. The number of Topliss-reactive ketones (excluding diaryl/α,β-unsaturated/α-hetero) is 1. The molecule has 2 nitrogen and oxygen atoms in total. The molecule has 1 fully saturated rings. The van der Waals surface area contributed by atoms with Crippen molar-refractivity contribution in [3.05, 3.63) is 22.8 Å². The number of fused-ring (bicyclic) bond motifs is 2. The zero-order valence-electron chi connectivity index (χ0n) is 13.0. The first-order valence-electron chi connectivity index (χ1n) is 7.96. The maximum atomic E-state index is 12.4. The zero-order valence-corrected chi connectivity index (χ0v) is 13.0. The summed E-state index contributed by atoms with van der Waals surface area (Å²) in [7, 11) is 1.79. The lowest BCUT2D eigenvalue weighted by atomic mass is 9.74. The molecule has 1 saturated carbocycles. The van der Waals surface area contributed by atoms with Gasteiger partial charge >= 0.3 is 0 Å². The van der Waals surface area contributed by atoms with E-state index in [9.17, 15) is 4.79 Å². The molecule has 0 spiro atoms. The molecule has 0 aromatic rings. The van der Waals surface area contributed by atoms with E-state index in [4.69, 9.17) is 4.74 Å². The Labute approximate surface area is 122 Å². The van der Waals surface area contributed by atoms with Crippen LogP contribution >= 0.6 is 0 Å². The topological polar surface area (TPSA) is 26.3 Å². The molecule has 2 unspecified atom stereocenters. The molecule has 0 aromatic heterocycles. The number of ether oxygens (including phenoxy) is 1. The average Bonchev–Trinajstić information content (AvgIpc) is 2.86. The second-order valence-electron chi connectivity index (χ2n) is 7.17. The lowest BCUT2D eigenvalue weighted by molar-refractivity contribution is -0.119. The van der Waals surface area contributed by atoms with Crippen molar-refractivity contribution in [3.8, 4) is 0 Å². The highest BCUT2D eigenvalue weighted by molar-refractivity contribution is 5.82. The van der Waals surface area contributed by atoms with Crippen LogP contribution in [0.25, 0.3) is 0 Å². The maximum Gasteiger partial charge on any atom is 0.137 e. The van der Waals surface area contributed by atoms with Gasteiger partial charge < -0.3 is 4.74 Å². The predicted molar refractivity (Wildman–Crippen MR) is 80.5 cm³/mol. The van der Waals surface area contributed by atoms with E-state index in [1.165, 1.54) is 36.0 Å². The summed E-state index contributed by atoms with van der Waals surface area (Å²) in [4.78, 5) is 12.4. The summed E-state index contributed by atoms with van der Waals surface area (Å²) in [6, 6.07) is 0. The largest absolute Gasteiger partial charge is 0.384 e. The fourth-order valence-electron chi connectivity index (χ4n) is 4.57. The van der Waals surface area contributed by atoms with Crippen LogP contribution in [0.5, 0.6) is 0 Å². The molecule has 3 atom stereocenters. The van der Waals surface area contributed by atoms with Gasteiger partial charge in [-0.15, -0.1) is 0 Å². The molecule has 0 aliphatic heterocycles. The molecule has 3 aliphatic rings. The van der Waals surface area contributed by atoms with Crippen molar-refractivity contribution in [2.75, 3.05) is 13.7 Å². The molecule has 110 valence electrons. The Bertz CT molecular complexity index is 486. The molecule has 3 rings (SSSR count). The molecule has 2 heteroatoms. The standard InChI is InChI=1S/C18H26O2/c1-12-6-7-18(2)10-16-13(4-5-14(16)11-20-3)8-15(19)9-17(12)18/h10,13-14H,4-9,11H2,1-3H3/b16-10+/t13?,14-,18?/m1/s1. The van der Waals surface area contributed by atoms with Crippen molar-refractivity contribution >= 4 is 5.78 Å². The number of methoxy groups -OCH3 is 1. The van der Waals surface area contributed by atoms with Crippen LogP contribution in [0.4, 0.5) is 0 Å². The molecule has 0 aromatic carbocycles. The first kappa shape index (κ1) is 14.1. The second kappa shape index (κ2) is 5.14. The van der Waals surface area contributed by atoms with E-state index in [1.807, 2.05) is 0 Å². The number of carbonyl (C=O) groups excluding carboxylic acids is 1.